The van der Waals surface area contributed by atoms with Crippen LogP contribution in [0.5, 0.6) is 0 Å². The van der Waals surface area contributed by atoms with Crippen LogP contribution in [0.3, 0.4) is 0 Å². The Bertz CT molecular complexity index is 552. The summed E-state index contributed by atoms with van der Waals surface area (Å²) in [6.07, 6.45) is -0.730. The monoisotopic (exact) mass is 356 g/mol. The zero-order chi connectivity index (χ0) is 15.6. The van der Waals surface area contributed by atoms with Gasteiger partial charge in [-0.3, -0.25) is 0 Å². The summed E-state index contributed by atoms with van der Waals surface area (Å²) in [5.74, 6) is -1.10. The first-order valence-corrected chi connectivity index (χ1v) is 7.41. The number of likely N-dealkylation sites (tertiary alicyclic amines) is 1. The van der Waals surface area contributed by atoms with Crippen molar-refractivity contribution in [2.75, 3.05) is 6.54 Å². The molecule has 0 bridgehead atoms. The van der Waals surface area contributed by atoms with Crippen molar-refractivity contribution in [2.24, 2.45) is 0 Å². The van der Waals surface area contributed by atoms with Gasteiger partial charge in [0.1, 0.15) is 6.04 Å². The van der Waals surface area contributed by atoms with Crippen LogP contribution in [-0.2, 0) is 4.79 Å². The zero-order valence-corrected chi connectivity index (χ0v) is 13.1. The van der Waals surface area contributed by atoms with Gasteiger partial charge < -0.3 is 20.4 Å². The second-order valence-electron chi connectivity index (χ2n) is 5.12. The second-order valence-corrected chi connectivity index (χ2v) is 6.04. The number of carbonyl (C=O) groups is 2. The molecule has 3 atom stereocenters. The van der Waals surface area contributed by atoms with Crippen LogP contribution in [0.25, 0.3) is 0 Å². The molecule has 3 N–H and O–H groups in total. The topological polar surface area (TPSA) is 89.9 Å². The highest BCUT2D eigenvalue weighted by atomic mass is 79.9. The van der Waals surface area contributed by atoms with E-state index in [9.17, 15) is 14.7 Å². The summed E-state index contributed by atoms with van der Waals surface area (Å²) in [5, 5.41) is 21.4. The van der Waals surface area contributed by atoms with Crippen LogP contribution < -0.4 is 5.32 Å². The summed E-state index contributed by atoms with van der Waals surface area (Å²) in [6, 6.07) is 5.79. The van der Waals surface area contributed by atoms with Crippen LogP contribution in [0, 0.1) is 0 Å². The highest BCUT2D eigenvalue weighted by Crippen LogP contribution is 2.21. The third-order valence-corrected chi connectivity index (χ3v) is 4.01. The number of nitrogens with zero attached hydrogens (tertiary/aromatic N) is 1. The SMILES string of the molecule is CC(NC(=O)N1CC(O)CC1C(=O)O)c1cccc(Br)c1. The molecule has 2 rings (SSSR count). The lowest BCUT2D eigenvalue weighted by atomic mass is 10.1. The van der Waals surface area contributed by atoms with E-state index in [0.717, 1.165) is 10.0 Å². The lowest BCUT2D eigenvalue weighted by molar-refractivity contribution is -0.141. The van der Waals surface area contributed by atoms with Crippen molar-refractivity contribution in [1.82, 2.24) is 10.2 Å². The summed E-state index contributed by atoms with van der Waals surface area (Å²) in [6.45, 7) is 1.86. The number of β-amino-alcohol motifs (C(OH)–C–C–N with tert-alkyl or cyclic N) is 1. The molecule has 114 valence electrons. The number of aliphatic hydroxyl groups is 1. The lowest BCUT2D eigenvalue weighted by Crippen LogP contribution is -2.46. The van der Waals surface area contributed by atoms with Gasteiger partial charge in [0.15, 0.2) is 0 Å². The molecule has 21 heavy (non-hydrogen) atoms. The molecule has 7 heteroatoms. The Morgan fingerprint density at radius 1 is 1.48 bits per heavy atom. The summed E-state index contributed by atoms with van der Waals surface area (Å²) in [5.41, 5.74) is 0.907. The molecule has 2 amide bonds. The molecule has 0 spiro atoms. The van der Waals surface area contributed by atoms with Gasteiger partial charge in [0.2, 0.25) is 0 Å². The molecule has 1 aliphatic heterocycles. The Balaban J connectivity index is 2.05. The third-order valence-electron chi connectivity index (χ3n) is 3.51. The molecular weight excluding hydrogens is 340 g/mol. The molecule has 1 fully saturated rings. The number of urea groups is 1. The molecule has 1 aliphatic rings. The number of aliphatic hydroxyl groups excluding tert-OH is 1. The predicted octanol–water partition coefficient (Wildman–Crippen LogP) is 1.74. The maximum atomic E-state index is 12.2. The summed E-state index contributed by atoms with van der Waals surface area (Å²) in [7, 11) is 0. The van der Waals surface area contributed by atoms with E-state index in [0.29, 0.717) is 0 Å². The third kappa shape index (κ3) is 3.74. The van der Waals surface area contributed by atoms with Gasteiger partial charge in [-0.05, 0) is 24.6 Å². The van der Waals surface area contributed by atoms with Crippen LogP contribution in [0.1, 0.15) is 24.9 Å². The first kappa shape index (κ1) is 15.8. The van der Waals surface area contributed by atoms with Crippen LogP contribution in [-0.4, -0.2) is 45.8 Å². The number of carboxylic acid groups (broad SMARTS) is 1. The summed E-state index contributed by atoms with van der Waals surface area (Å²) < 4.78 is 0.904. The van der Waals surface area contributed by atoms with Crippen molar-refractivity contribution in [3.63, 3.8) is 0 Å². The minimum atomic E-state index is -1.10. The van der Waals surface area contributed by atoms with Gasteiger partial charge in [-0.15, -0.1) is 0 Å². The number of halogens is 1. The van der Waals surface area contributed by atoms with Gasteiger partial charge >= 0.3 is 12.0 Å². The number of aliphatic carboxylic acids is 1. The smallest absolute Gasteiger partial charge is 0.326 e. The number of carbonyl (C=O) groups excluding carboxylic acids is 1. The first-order chi connectivity index (χ1) is 9.88. The molecule has 6 nitrogen and oxygen atoms in total. The van der Waals surface area contributed by atoms with E-state index in [4.69, 9.17) is 5.11 Å². The quantitative estimate of drug-likeness (QED) is 0.769. The van der Waals surface area contributed by atoms with Crippen molar-refractivity contribution >= 4 is 27.9 Å². The minimum Gasteiger partial charge on any atom is -0.480 e. The Morgan fingerprint density at radius 3 is 2.81 bits per heavy atom. The van der Waals surface area contributed by atoms with E-state index in [-0.39, 0.29) is 19.0 Å². The minimum absolute atomic E-state index is 0.0357. The van der Waals surface area contributed by atoms with Gasteiger partial charge in [-0.1, -0.05) is 28.1 Å². The van der Waals surface area contributed by atoms with Crippen LogP contribution in [0.2, 0.25) is 0 Å². The van der Waals surface area contributed by atoms with Crippen molar-refractivity contribution in [1.29, 1.82) is 0 Å². The highest BCUT2D eigenvalue weighted by molar-refractivity contribution is 9.10. The fourth-order valence-corrected chi connectivity index (χ4v) is 2.82. The van der Waals surface area contributed by atoms with Gasteiger partial charge in [0.05, 0.1) is 12.1 Å². The highest BCUT2D eigenvalue weighted by Gasteiger charge is 2.39. The molecule has 0 saturated carbocycles. The van der Waals surface area contributed by atoms with Crippen molar-refractivity contribution in [3.05, 3.63) is 34.3 Å². The van der Waals surface area contributed by atoms with E-state index in [1.807, 2.05) is 31.2 Å². The number of carboxylic acids is 1. The average molecular weight is 357 g/mol. The zero-order valence-electron chi connectivity index (χ0n) is 11.5. The molecule has 1 heterocycles. The molecule has 3 unspecified atom stereocenters. The lowest BCUT2D eigenvalue weighted by Gasteiger charge is -2.24. The number of nitrogens with one attached hydrogen (secondary N) is 1. The summed E-state index contributed by atoms with van der Waals surface area (Å²) >= 11 is 3.37. The van der Waals surface area contributed by atoms with Crippen molar-refractivity contribution in [2.45, 2.75) is 31.5 Å². The van der Waals surface area contributed by atoms with Crippen molar-refractivity contribution in [3.8, 4) is 0 Å². The fraction of sp³-hybridized carbons (Fsp3) is 0.429. The number of hydrogen-bond donors (Lipinski definition) is 3. The Morgan fingerprint density at radius 2 is 2.19 bits per heavy atom. The number of benzene rings is 1. The molecule has 1 saturated heterocycles. The predicted molar refractivity (Wildman–Crippen MR) is 79.8 cm³/mol. The average Bonchev–Trinajstić information content (AvgIpc) is 2.81. The van der Waals surface area contributed by atoms with Gasteiger partial charge in [0.25, 0.3) is 0 Å². The van der Waals surface area contributed by atoms with Crippen LogP contribution >= 0.6 is 15.9 Å². The van der Waals surface area contributed by atoms with E-state index < -0.39 is 24.1 Å². The maximum absolute atomic E-state index is 12.2. The van der Waals surface area contributed by atoms with Gasteiger partial charge in [0, 0.05) is 17.4 Å². The van der Waals surface area contributed by atoms with E-state index in [2.05, 4.69) is 21.2 Å². The van der Waals surface area contributed by atoms with E-state index in [1.54, 1.807) is 0 Å². The molecule has 1 aromatic carbocycles. The van der Waals surface area contributed by atoms with Crippen molar-refractivity contribution < 1.29 is 19.8 Å². The number of amides is 2. The molecular formula is C14H17BrN2O4. The van der Waals surface area contributed by atoms with Gasteiger partial charge in [-0.25, -0.2) is 9.59 Å². The standard InChI is InChI=1S/C14H17BrN2O4/c1-8(9-3-2-4-10(15)5-9)16-14(21)17-7-11(18)6-12(17)13(19)20/h2-5,8,11-12,18H,6-7H2,1H3,(H,16,21)(H,19,20). The normalized spacial score (nSPS) is 22.9. The molecule has 0 aromatic heterocycles. The maximum Gasteiger partial charge on any atom is 0.326 e. The Kier molecular flexibility index (Phi) is 4.84. The Hall–Kier alpha value is -1.60. The Labute approximate surface area is 130 Å². The fourth-order valence-electron chi connectivity index (χ4n) is 2.40. The molecule has 0 aliphatic carbocycles. The second kappa shape index (κ2) is 6.44. The van der Waals surface area contributed by atoms with E-state index in [1.165, 1.54) is 4.90 Å². The largest absolute Gasteiger partial charge is 0.480 e. The molecule has 0 radical (unpaired) electrons. The van der Waals surface area contributed by atoms with Gasteiger partial charge in [-0.2, -0.15) is 0 Å². The number of hydrogen-bond acceptors (Lipinski definition) is 3. The summed E-state index contributed by atoms with van der Waals surface area (Å²) in [4.78, 5) is 24.5. The van der Waals surface area contributed by atoms with Crippen LogP contribution in [0.15, 0.2) is 28.7 Å². The first-order valence-electron chi connectivity index (χ1n) is 6.62. The number of rotatable bonds is 3. The van der Waals surface area contributed by atoms with E-state index >= 15 is 0 Å². The molecule has 1 aromatic rings. The van der Waals surface area contributed by atoms with Crippen LogP contribution in [0.4, 0.5) is 4.79 Å².